The summed E-state index contributed by atoms with van der Waals surface area (Å²) < 4.78 is 0. The molecule has 0 aliphatic heterocycles. The first-order valence-electron chi connectivity index (χ1n) is 7.21. The zero-order chi connectivity index (χ0) is 13.1. The molecule has 0 amide bonds. The molecule has 2 heteroatoms. The van der Waals surface area contributed by atoms with Gasteiger partial charge in [-0.2, -0.15) is 0 Å². The fourth-order valence-corrected chi connectivity index (χ4v) is 3.12. The fraction of sp³-hybridized carbons (Fsp3) is 0.412. The van der Waals surface area contributed by atoms with Crippen molar-refractivity contribution in [3.05, 3.63) is 42.1 Å². The molecular weight excluding hydrogens is 234 g/mol. The molecule has 2 aromatic rings. The van der Waals surface area contributed by atoms with Crippen LogP contribution in [0.1, 0.15) is 48.9 Å². The third kappa shape index (κ3) is 2.67. The number of hydrogen-bond acceptors (Lipinski definition) is 2. The number of benzene rings is 1. The number of carbonyl (C=O) groups excluding carboxylic acids is 1. The van der Waals surface area contributed by atoms with Gasteiger partial charge in [0.2, 0.25) is 0 Å². The lowest BCUT2D eigenvalue weighted by Gasteiger charge is -2.09. The second-order valence-corrected chi connectivity index (χ2v) is 5.49. The summed E-state index contributed by atoms with van der Waals surface area (Å²) in [6, 6.07) is 9.71. The van der Waals surface area contributed by atoms with Crippen LogP contribution >= 0.6 is 0 Å². The quantitative estimate of drug-likeness (QED) is 0.756. The van der Waals surface area contributed by atoms with Crippen molar-refractivity contribution < 1.29 is 4.79 Å². The summed E-state index contributed by atoms with van der Waals surface area (Å²) in [6.45, 7) is 0. The normalized spacial score (nSPS) is 16.0. The third-order valence-corrected chi connectivity index (χ3v) is 4.20. The molecule has 2 nitrogen and oxygen atoms in total. The standard InChI is InChI=1S/C17H19NO/c19-17(11-10-13-5-1-2-6-13)15-7-3-9-16-14(15)8-4-12-18-16/h3-4,7-9,12-13H,1-2,5-6,10-11H2. The maximum absolute atomic E-state index is 12.4. The Balaban J connectivity index is 1.77. The van der Waals surface area contributed by atoms with Gasteiger partial charge in [-0.1, -0.05) is 43.9 Å². The second-order valence-electron chi connectivity index (χ2n) is 5.49. The molecule has 0 radical (unpaired) electrons. The van der Waals surface area contributed by atoms with Crippen LogP contribution in [0.3, 0.4) is 0 Å². The second kappa shape index (κ2) is 5.52. The molecule has 98 valence electrons. The van der Waals surface area contributed by atoms with Crippen molar-refractivity contribution in [2.75, 3.05) is 0 Å². The molecule has 0 spiro atoms. The van der Waals surface area contributed by atoms with E-state index in [4.69, 9.17) is 0 Å². The van der Waals surface area contributed by atoms with Crippen LogP contribution in [0.15, 0.2) is 36.5 Å². The first kappa shape index (κ1) is 12.3. The zero-order valence-corrected chi connectivity index (χ0v) is 11.1. The van der Waals surface area contributed by atoms with E-state index in [9.17, 15) is 4.79 Å². The highest BCUT2D eigenvalue weighted by atomic mass is 16.1. The maximum atomic E-state index is 12.4. The van der Waals surface area contributed by atoms with Crippen molar-refractivity contribution in [1.29, 1.82) is 0 Å². The zero-order valence-electron chi connectivity index (χ0n) is 11.1. The van der Waals surface area contributed by atoms with E-state index in [1.807, 2.05) is 30.3 Å². The molecule has 0 atom stereocenters. The van der Waals surface area contributed by atoms with Crippen molar-refractivity contribution in [3.63, 3.8) is 0 Å². The molecule has 19 heavy (non-hydrogen) atoms. The average Bonchev–Trinajstić information content (AvgIpc) is 2.97. The number of aromatic nitrogens is 1. The third-order valence-electron chi connectivity index (χ3n) is 4.20. The molecule has 0 saturated heterocycles. The van der Waals surface area contributed by atoms with E-state index in [-0.39, 0.29) is 5.78 Å². The van der Waals surface area contributed by atoms with Crippen molar-refractivity contribution in [2.45, 2.75) is 38.5 Å². The molecule has 1 saturated carbocycles. The van der Waals surface area contributed by atoms with Crippen LogP contribution in [0, 0.1) is 5.92 Å². The van der Waals surface area contributed by atoms with Gasteiger partial charge in [-0.15, -0.1) is 0 Å². The van der Waals surface area contributed by atoms with E-state index in [0.717, 1.165) is 28.8 Å². The molecule has 1 heterocycles. The smallest absolute Gasteiger partial charge is 0.163 e. The minimum Gasteiger partial charge on any atom is -0.294 e. The van der Waals surface area contributed by atoms with E-state index in [1.165, 1.54) is 25.7 Å². The fourth-order valence-electron chi connectivity index (χ4n) is 3.12. The first-order valence-corrected chi connectivity index (χ1v) is 7.21. The van der Waals surface area contributed by atoms with E-state index < -0.39 is 0 Å². The maximum Gasteiger partial charge on any atom is 0.163 e. The lowest BCUT2D eigenvalue weighted by Crippen LogP contribution is -2.03. The molecule has 1 fully saturated rings. The highest BCUT2D eigenvalue weighted by molar-refractivity contribution is 6.07. The van der Waals surface area contributed by atoms with E-state index in [0.29, 0.717) is 6.42 Å². The molecule has 0 unspecified atom stereocenters. The Morgan fingerprint density at radius 2 is 2.00 bits per heavy atom. The highest BCUT2D eigenvalue weighted by Gasteiger charge is 2.17. The van der Waals surface area contributed by atoms with Gasteiger partial charge in [-0.05, 0) is 24.5 Å². The van der Waals surface area contributed by atoms with Gasteiger partial charge in [-0.25, -0.2) is 0 Å². The van der Waals surface area contributed by atoms with Crippen LogP contribution in [0.25, 0.3) is 10.9 Å². The number of carbonyl (C=O) groups is 1. The number of ketones is 1. The molecule has 0 N–H and O–H groups in total. The number of nitrogens with zero attached hydrogens (tertiary/aromatic N) is 1. The molecule has 1 aromatic heterocycles. The Labute approximate surface area is 113 Å². The number of Topliss-reactive ketones (excluding diaryl/α,β-unsaturated/α-hetero) is 1. The number of rotatable bonds is 4. The van der Waals surface area contributed by atoms with Crippen LogP contribution in [0.4, 0.5) is 0 Å². The Bertz CT molecular complexity index is 579. The molecule has 1 aromatic carbocycles. The SMILES string of the molecule is O=C(CCC1CCCC1)c1cccc2ncccc12. The minimum atomic E-state index is 0.269. The minimum absolute atomic E-state index is 0.269. The van der Waals surface area contributed by atoms with Gasteiger partial charge in [-0.3, -0.25) is 9.78 Å². The van der Waals surface area contributed by atoms with E-state index in [1.54, 1.807) is 6.20 Å². The van der Waals surface area contributed by atoms with E-state index in [2.05, 4.69) is 4.98 Å². The van der Waals surface area contributed by atoms with Gasteiger partial charge in [0.1, 0.15) is 0 Å². The number of hydrogen-bond donors (Lipinski definition) is 0. The van der Waals surface area contributed by atoms with Gasteiger partial charge in [0.25, 0.3) is 0 Å². The van der Waals surface area contributed by atoms with Crippen molar-refractivity contribution in [2.24, 2.45) is 5.92 Å². The van der Waals surface area contributed by atoms with Gasteiger partial charge < -0.3 is 0 Å². The van der Waals surface area contributed by atoms with Crippen molar-refractivity contribution in [3.8, 4) is 0 Å². The first-order chi connectivity index (χ1) is 9.34. The number of fused-ring (bicyclic) bond motifs is 1. The number of pyridine rings is 1. The van der Waals surface area contributed by atoms with E-state index >= 15 is 0 Å². The van der Waals surface area contributed by atoms with Gasteiger partial charge in [0.05, 0.1) is 5.52 Å². The predicted molar refractivity (Wildman–Crippen MR) is 77.3 cm³/mol. The lowest BCUT2D eigenvalue weighted by molar-refractivity contribution is 0.0975. The Morgan fingerprint density at radius 1 is 1.16 bits per heavy atom. The van der Waals surface area contributed by atoms with Crippen LogP contribution in [0.5, 0.6) is 0 Å². The summed E-state index contributed by atoms with van der Waals surface area (Å²) in [5.74, 6) is 1.04. The van der Waals surface area contributed by atoms with Crippen LogP contribution in [0.2, 0.25) is 0 Å². The summed E-state index contributed by atoms with van der Waals surface area (Å²) in [6.07, 6.45) is 8.81. The largest absolute Gasteiger partial charge is 0.294 e. The Hall–Kier alpha value is -1.70. The average molecular weight is 253 g/mol. The van der Waals surface area contributed by atoms with Crippen molar-refractivity contribution >= 4 is 16.7 Å². The lowest BCUT2D eigenvalue weighted by atomic mass is 9.96. The summed E-state index contributed by atoms with van der Waals surface area (Å²) >= 11 is 0. The molecule has 1 aliphatic rings. The van der Waals surface area contributed by atoms with Gasteiger partial charge in [0, 0.05) is 23.6 Å². The van der Waals surface area contributed by atoms with Crippen LogP contribution in [-0.4, -0.2) is 10.8 Å². The summed E-state index contributed by atoms with van der Waals surface area (Å²) in [7, 11) is 0. The van der Waals surface area contributed by atoms with Gasteiger partial charge in [0.15, 0.2) is 5.78 Å². The highest BCUT2D eigenvalue weighted by Crippen LogP contribution is 2.29. The Morgan fingerprint density at radius 3 is 2.84 bits per heavy atom. The van der Waals surface area contributed by atoms with Gasteiger partial charge >= 0.3 is 0 Å². The van der Waals surface area contributed by atoms with Crippen molar-refractivity contribution in [1.82, 2.24) is 4.98 Å². The molecule has 0 bridgehead atoms. The molecule has 1 aliphatic carbocycles. The van der Waals surface area contributed by atoms with Crippen LogP contribution in [-0.2, 0) is 0 Å². The summed E-state index contributed by atoms with van der Waals surface area (Å²) in [5, 5.41) is 0.987. The molecule has 3 rings (SSSR count). The monoisotopic (exact) mass is 253 g/mol. The molecular formula is C17H19NO. The summed E-state index contributed by atoms with van der Waals surface area (Å²) in [5.41, 5.74) is 1.75. The van der Waals surface area contributed by atoms with Crippen LogP contribution < -0.4 is 0 Å². The predicted octanol–water partition coefficient (Wildman–Crippen LogP) is 4.39. The summed E-state index contributed by atoms with van der Waals surface area (Å²) in [4.78, 5) is 16.7. The topological polar surface area (TPSA) is 30.0 Å². The Kier molecular flexibility index (Phi) is 3.58.